The summed E-state index contributed by atoms with van der Waals surface area (Å²) in [7, 11) is 0. The molecule has 0 aromatic heterocycles. The highest BCUT2D eigenvalue weighted by Gasteiger charge is 2.59. The Labute approximate surface area is 267 Å². The summed E-state index contributed by atoms with van der Waals surface area (Å²) in [5.41, 5.74) is 2.74. The molecule has 0 heterocycles. The molecule has 0 saturated heterocycles. The molecule has 3 saturated carbocycles. The Morgan fingerprint density at radius 1 is 0.907 bits per heavy atom. The maximum atomic E-state index is 12.1. The highest BCUT2D eigenvalue weighted by Crippen LogP contribution is 2.67. The van der Waals surface area contributed by atoms with Gasteiger partial charge in [-0.25, -0.2) is 0 Å². The van der Waals surface area contributed by atoms with Crippen LogP contribution < -0.4 is 5.32 Å². The van der Waals surface area contributed by atoms with E-state index in [0.717, 1.165) is 80.8 Å². The Hall–Kier alpha value is -0.830. The van der Waals surface area contributed by atoms with Crippen LogP contribution in [-0.4, -0.2) is 25.2 Å². The van der Waals surface area contributed by atoms with Crippen LogP contribution in [-0.2, 0) is 9.53 Å². The number of carbonyl (C=O) groups is 1. The highest BCUT2D eigenvalue weighted by molar-refractivity contribution is 5.75. The van der Waals surface area contributed by atoms with Crippen LogP contribution in [0, 0.1) is 46.3 Å². The molecule has 0 aromatic carbocycles. The number of allylic oxidation sites excluding steroid dienone is 1. The predicted octanol–water partition coefficient (Wildman–Crippen LogP) is 11.1. The lowest BCUT2D eigenvalue weighted by Gasteiger charge is -2.58. The molecule has 3 nitrogen and oxygen atoms in total. The second kappa shape index (κ2) is 16.6. The lowest BCUT2D eigenvalue weighted by Crippen LogP contribution is -2.51. The molecule has 7 unspecified atom stereocenters. The number of fused-ring (bicyclic) bond motifs is 5. The molecular weight excluding hydrogens is 526 g/mol. The van der Waals surface area contributed by atoms with Gasteiger partial charge in [0, 0.05) is 19.6 Å². The van der Waals surface area contributed by atoms with Crippen molar-refractivity contribution in [3.63, 3.8) is 0 Å². The molecule has 0 radical (unpaired) electrons. The average Bonchev–Trinajstić information content (AvgIpc) is 3.33. The van der Waals surface area contributed by atoms with Crippen LogP contribution in [0.1, 0.15) is 170 Å². The fourth-order valence-electron chi connectivity index (χ4n) is 10.7. The molecule has 3 fully saturated rings. The minimum absolute atomic E-state index is 0.234. The molecule has 43 heavy (non-hydrogen) atoms. The first-order valence-electron chi connectivity index (χ1n) is 19.3. The van der Waals surface area contributed by atoms with Crippen molar-refractivity contribution >= 4 is 5.91 Å². The predicted molar refractivity (Wildman–Crippen MR) is 183 cm³/mol. The smallest absolute Gasteiger partial charge is 0.219 e. The van der Waals surface area contributed by atoms with Crippen molar-refractivity contribution in [2.45, 2.75) is 176 Å². The molecule has 0 spiro atoms. The van der Waals surface area contributed by atoms with Gasteiger partial charge in [-0.2, -0.15) is 0 Å². The minimum atomic E-state index is 0.234. The van der Waals surface area contributed by atoms with E-state index < -0.39 is 0 Å². The first-order valence-corrected chi connectivity index (χ1v) is 19.3. The van der Waals surface area contributed by atoms with Crippen molar-refractivity contribution in [2.24, 2.45) is 46.3 Å². The maximum Gasteiger partial charge on any atom is 0.219 e. The van der Waals surface area contributed by atoms with Gasteiger partial charge in [0.15, 0.2) is 0 Å². The largest absolute Gasteiger partial charge is 0.378 e. The SMILES string of the molecule is CCCCCCCNC(=O)CCCCCOC1CCC2(C)C(=CCC3C2CCC2(C)C3CCC2[C@H](C)CCCC(C)C)C1. The number of hydrogen-bond acceptors (Lipinski definition) is 2. The second-order valence-electron chi connectivity index (χ2n) is 16.6. The molecule has 8 atom stereocenters. The van der Waals surface area contributed by atoms with E-state index in [-0.39, 0.29) is 5.91 Å². The van der Waals surface area contributed by atoms with Crippen molar-refractivity contribution in [3.8, 4) is 0 Å². The average molecular weight is 598 g/mol. The monoisotopic (exact) mass is 598 g/mol. The van der Waals surface area contributed by atoms with Gasteiger partial charge in [-0.15, -0.1) is 0 Å². The van der Waals surface area contributed by atoms with Crippen molar-refractivity contribution in [2.75, 3.05) is 13.2 Å². The van der Waals surface area contributed by atoms with Gasteiger partial charge in [-0.05, 0) is 117 Å². The molecule has 0 bridgehead atoms. The summed E-state index contributed by atoms with van der Waals surface area (Å²) in [5.74, 6) is 5.67. The van der Waals surface area contributed by atoms with Gasteiger partial charge in [0.05, 0.1) is 6.10 Å². The number of carbonyl (C=O) groups excluding carboxylic acids is 1. The number of amides is 1. The van der Waals surface area contributed by atoms with Crippen LogP contribution in [0.25, 0.3) is 0 Å². The number of ether oxygens (including phenoxy) is 1. The van der Waals surface area contributed by atoms with Crippen molar-refractivity contribution in [3.05, 3.63) is 11.6 Å². The Balaban J connectivity index is 1.17. The van der Waals surface area contributed by atoms with Crippen LogP contribution in [0.4, 0.5) is 0 Å². The van der Waals surface area contributed by atoms with E-state index in [1.165, 1.54) is 89.9 Å². The molecule has 248 valence electrons. The quantitative estimate of drug-likeness (QED) is 0.126. The number of nitrogens with one attached hydrogen (secondary N) is 1. The highest BCUT2D eigenvalue weighted by atomic mass is 16.5. The summed E-state index contributed by atoms with van der Waals surface area (Å²) in [4.78, 5) is 12.1. The molecule has 0 aromatic rings. The normalized spacial score (nSPS) is 34.3. The summed E-state index contributed by atoms with van der Waals surface area (Å²) in [5, 5.41) is 3.11. The van der Waals surface area contributed by atoms with Gasteiger partial charge in [0.2, 0.25) is 5.91 Å². The molecule has 0 aliphatic heterocycles. The second-order valence-corrected chi connectivity index (χ2v) is 16.6. The van der Waals surface area contributed by atoms with Gasteiger partial charge >= 0.3 is 0 Å². The molecule has 1 amide bonds. The van der Waals surface area contributed by atoms with Crippen LogP contribution in [0.3, 0.4) is 0 Å². The van der Waals surface area contributed by atoms with Gasteiger partial charge in [0.1, 0.15) is 0 Å². The van der Waals surface area contributed by atoms with Crippen LogP contribution >= 0.6 is 0 Å². The van der Waals surface area contributed by atoms with Gasteiger partial charge in [-0.1, -0.05) is 105 Å². The lowest BCUT2D eigenvalue weighted by atomic mass is 9.47. The number of rotatable bonds is 18. The number of unbranched alkanes of at least 4 members (excludes halogenated alkanes) is 6. The summed E-state index contributed by atoms with van der Waals surface area (Å²) in [6.07, 6.45) is 28.4. The zero-order valence-corrected chi connectivity index (χ0v) is 29.5. The fourth-order valence-corrected chi connectivity index (χ4v) is 10.7. The molecule has 1 N–H and O–H groups in total. The molecule has 3 heteroatoms. The van der Waals surface area contributed by atoms with E-state index in [1.54, 1.807) is 5.57 Å². The molecule has 4 aliphatic rings. The minimum Gasteiger partial charge on any atom is -0.378 e. The summed E-state index contributed by atoms with van der Waals surface area (Å²) < 4.78 is 6.46. The van der Waals surface area contributed by atoms with E-state index in [1.807, 2.05) is 0 Å². The van der Waals surface area contributed by atoms with Crippen LogP contribution in [0.5, 0.6) is 0 Å². The van der Waals surface area contributed by atoms with E-state index in [9.17, 15) is 4.79 Å². The van der Waals surface area contributed by atoms with Crippen molar-refractivity contribution in [1.29, 1.82) is 0 Å². The first kappa shape index (κ1) is 35.0. The Morgan fingerprint density at radius 3 is 2.49 bits per heavy atom. The van der Waals surface area contributed by atoms with Gasteiger partial charge in [-0.3, -0.25) is 4.79 Å². The summed E-state index contributed by atoms with van der Waals surface area (Å²) in [6, 6.07) is 0. The zero-order chi connectivity index (χ0) is 30.9. The van der Waals surface area contributed by atoms with E-state index in [4.69, 9.17) is 4.74 Å². The Morgan fingerprint density at radius 2 is 1.70 bits per heavy atom. The molecular formula is C40H71NO2. The van der Waals surface area contributed by atoms with E-state index in [2.05, 4.69) is 52.9 Å². The zero-order valence-electron chi connectivity index (χ0n) is 29.5. The molecule has 4 rings (SSSR count). The lowest BCUT2D eigenvalue weighted by molar-refractivity contribution is -0.121. The molecule has 4 aliphatic carbocycles. The fraction of sp³-hybridized carbons (Fsp3) is 0.925. The van der Waals surface area contributed by atoms with Gasteiger partial charge in [0.25, 0.3) is 0 Å². The van der Waals surface area contributed by atoms with E-state index in [0.29, 0.717) is 23.4 Å². The van der Waals surface area contributed by atoms with Crippen LogP contribution in [0.2, 0.25) is 0 Å². The maximum absolute atomic E-state index is 12.1. The van der Waals surface area contributed by atoms with Crippen molar-refractivity contribution < 1.29 is 9.53 Å². The summed E-state index contributed by atoms with van der Waals surface area (Å²) in [6.45, 7) is 16.7. The third-order valence-corrected chi connectivity index (χ3v) is 13.3. The third kappa shape index (κ3) is 8.92. The first-order chi connectivity index (χ1) is 20.7. The number of hydrogen-bond donors (Lipinski definition) is 1. The van der Waals surface area contributed by atoms with E-state index >= 15 is 0 Å². The van der Waals surface area contributed by atoms with Gasteiger partial charge < -0.3 is 10.1 Å². The van der Waals surface area contributed by atoms with Crippen LogP contribution in [0.15, 0.2) is 11.6 Å². The summed E-state index contributed by atoms with van der Waals surface area (Å²) >= 11 is 0. The standard InChI is InChI=1S/C40H71NO2/c1-7-8-9-10-13-27-41-38(42)18-12-11-14-28-43-33-23-25-39(5)32(29-33)19-20-34-36-22-21-35(31(4)17-15-16-30(2)3)40(36,6)26-24-37(34)39/h19,30-31,33-37H,7-18,20-29H2,1-6H3,(H,41,42)/t31-,33?,34?,35?,36?,37?,39?,40?/m1/s1. The third-order valence-electron chi connectivity index (χ3n) is 13.3. The topological polar surface area (TPSA) is 38.3 Å². The van der Waals surface area contributed by atoms with Crippen molar-refractivity contribution in [1.82, 2.24) is 5.32 Å². The Kier molecular flexibility index (Phi) is 13.6. The Bertz CT molecular complexity index is 880.